The summed E-state index contributed by atoms with van der Waals surface area (Å²) in [6.07, 6.45) is -2.21. The van der Waals surface area contributed by atoms with Crippen LogP contribution in [0.4, 0.5) is 13.2 Å². The number of Topliss-reactive ketones (excluding diaryl/α,β-unsaturated/α-hetero) is 1. The quantitative estimate of drug-likeness (QED) is 0.709. The Hall–Kier alpha value is -3.10. The van der Waals surface area contributed by atoms with E-state index in [9.17, 15) is 22.8 Å². The number of amides is 1. The summed E-state index contributed by atoms with van der Waals surface area (Å²) in [5, 5.41) is 0. The number of carbonyl (C=O) groups is 2. The average molecular weight is 422 g/mol. The molecule has 1 aliphatic rings. The van der Waals surface area contributed by atoms with Crippen molar-refractivity contribution in [2.45, 2.75) is 38.7 Å². The summed E-state index contributed by atoms with van der Waals surface area (Å²) in [7, 11) is 0. The number of aromatic nitrogens is 1. The van der Waals surface area contributed by atoms with E-state index < -0.39 is 6.36 Å². The van der Waals surface area contributed by atoms with Gasteiger partial charge >= 0.3 is 6.36 Å². The number of piperidine rings is 1. The molecule has 1 aromatic carbocycles. The van der Waals surface area contributed by atoms with Gasteiger partial charge in [0.2, 0.25) is 0 Å². The normalized spacial score (nSPS) is 15.0. The van der Waals surface area contributed by atoms with Gasteiger partial charge in [0.15, 0.2) is 0 Å². The number of halogens is 3. The molecule has 3 rings (SSSR count). The SMILES string of the molecule is CC(=O)Cc1cc(C(=O)N2CCC(Oc3cccc(OC(F)(F)F)c3)CC2)ccn1. The number of nitrogens with zero attached hydrogens (tertiary/aromatic N) is 2. The van der Waals surface area contributed by atoms with Crippen molar-refractivity contribution >= 4 is 11.7 Å². The van der Waals surface area contributed by atoms with Gasteiger partial charge in [0.25, 0.3) is 5.91 Å². The van der Waals surface area contributed by atoms with E-state index in [1.807, 2.05) is 0 Å². The molecule has 1 amide bonds. The van der Waals surface area contributed by atoms with Crippen LogP contribution in [0.5, 0.6) is 11.5 Å². The third-order valence-corrected chi connectivity index (χ3v) is 4.56. The zero-order chi connectivity index (χ0) is 21.7. The second kappa shape index (κ2) is 9.15. The van der Waals surface area contributed by atoms with Crippen molar-refractivity contribution in [2.75, 3.05) is 13.1 Å². The zero-order valence-electron chi connectivity index (χ0n) is 16.3. The van der Waals surface area contributed by atoms with Crippen LogP contribution < -0.4 is 9.47 Å². The Kier molecular flexibility index (Phi) is 6.59. The highest BCUT2D eigenvalue weighted by atomic mass is 19.4. The minimum atomic E-state index is -4.76. The van der Waals surface area contributed by atoms with Crippen molar-refractivity contribution in [3.63, 3.8) is 0 Å². The first-order chi connectivity index (χ1) is 14.2. The maximum absolute atomic E-state index is 12.7. The standard InChI is InChI=1S/C21H21F3N2O4/c1-14(27)11-16-12-15(5-8-25-16)20(28)26-9-6-17(7-10-26)29-18-3-2-4-19(13-18)30-21(22,23)24/h2-5,8,12-13,17H,6-7,9-11H2,1H3. The van der Waals surface area contributed by atoms with E-state index in [1.165, 1.54) is 31.3 Å². The van der Waals surface area contributed by atoms with Crippen LogP contribution >= 0.6 is 0 Å². The van der Waals surface area contributed by atoms with Gasteiger partial charge in [0.05, 0.1) is 0 Å². The highest BCUT2D eigenvalue weighted by Gasteiger charge is 2.31. The van der Waals surface area contributed by atoms with Crippen molar-refractivity contribution in [3.05, 3.63) is 53.9 Å². The summed E-state index contributed by atoms with van der Waals surface area (Å²) in [4.78, 5) is 29.8. The van der Waals surface area contributed by atoms with Gasteiger partial charge in [-0.2, -0.15) is 0 Å². The van der Waals surface area contributed by atoms with Gasteiger partial charge < -0.3 is 14.4 Å². The number of pyridine rings is 1. The van der Waals surface area contributed by atoms with Crippen molar-refractivity contribution < 1.29 is 32.2 Å². The molecule has 1 aromatic heterocycles. The van der Waals surface area contributed by atoms with Crippen molar-refractivity contribution in [3.8, 4) is 11.5 Å². The van der Waals surface area contributed by atoms with E-state index in [-0.39, 0.29) is 35.7 Å². The van der Waals surface area contributed by atoms with Crippen LogP contribution in [0.2, 0.25) is 0 Å². The van der Waals surface area contributed by atoms with E-state index in [0.29, 0.717) is 37.2 Å². The molecule has 1 fully saturated rings. The van der Waals surface area contributed by atoms with Gasteiger partial charge in [-0.1, -0.05) is 6.07 Å². The zero-order valence-corrected chi connectivity index (χ0v) is 16.3. The van der Waals surface area contributed by atoms with Crippen LogP contribution in [0.1, 0.15) is 35.8 Å². The van der Waals surface area contributed by atoms with Crippen LogP contribution in [0.25, 0.3) is 0 Å². The Morgan fingerprint density at radius 1 is 1.13 bits per heavy atom. The largest absolute Gasteiger partial charge is 0.573 e. The summed E-state index contributed by atoms with van der Waals surface area (Å²) < 4.78 is 46.7. The maximum Gasteiger partial charge on any atom is 0.573 e. The minimum absolute atomic E-state index is 0.0326. The molecule has 0 N–H and O–H groups in total. The molecule has 0 aliphatic carbocycles. The Morgan fingerprint density at radius 2 is 1.83 bits per heavy atom. The van der Waals surface area contributed by atoms with Crippen LogP contribution in [0.15, 0.2) is 42.6 Å². The van der Waals surface area contributed by atoms with E-state index >= 15 is 0 Å². The molecule has 0 spiro atoms. The van der Waals surface area contributed by atoms with E-state index in [4.69, 9.17) is 4.74 Å². The van der Waals surface area contributed by atoms with Gasteiger partial charge in [-0.05, 0) is 31.2 Å². The Bertz CT molecular complexity index is 909. The molecule has 9 heteroatoms. The van der Waals surface area contributed by atoms with E-state index in [0.717, 1.165) is 0 Å². The van der Waals surface area contributed by atoms with Crippen molar-refractivity contribution in [2.24, 2.45) is 0 Å². The molecule has 0 unspecified atom stereocenters. The first-order valence-corrected chi connectivity index (χ1v) is 9.46. The lowest BCUT2D eigenvalue weighted by molar-refractivity contribution is -0.274. The molecular weight excluding hydrogens is 401 g/mol. The molecule has 6 nitrogen and oxygen atoms in total. The molecule has 160 valence electrons. The molecule has 0 atom stereocenters. The number of alkyl halides is 3. The predicted octanol–water partition coefficient (Wildman–Crippen LogP) is 3.80. The number of hydrogen-bond donors (Lipinski definition) is 0. The highest BCUT2D eigenvalue weighted by Crippen LogP contribution is 2.28. The minimum Gasteiger partial charge on any atom is -0.490 e. The number of ether oxygens (including phenoxy) is 2. The fourth-order valence-electron chi connectivity index (χ4n) is 3.26. The predicted molar refractivity (Wildman–Crippen MR) is 101 cm³/mol. The van der Waals surface area contributed by atoms with Gasteiger partial charge in [-0.15, -0.1) is 13.2 Å². The molecule has 0 bridgehead atoms. The van der Waals surface area contributed by atoms with Crippen LogP contribution in [-0.2, 0) is 11.2 Å². The fraction of sp³-hybridized carbons (Fsp3) is 0.381. The summed E-state index contributed by atoms with van der Waals surface area (Å²) in [5.74, 6) is -0.243. The summed E-state index contributed by atoms with van der Waals surface area (Å²) >= 11 is 0. The first kappa shape index (κ1) is 21.6. The van der Waals surface area contributed by atoms with Crippen LogP contribution in [0, 0.1) is 0 Å². The number of benzene rings is 1. The molecule has 2 heterocycles. The monoisotopic (exact) mass is 422 g/mol. The van der Waals surface area contributed by atoms with Crippen LogP contribution in [-0.4, -0.2) is 47.1 Å². The van der Waals surface area contributed by atoms with E-state index in [1.54, 1.807) is 23.1 Å². The van der Waals surface area contributed by atoms with Crippen molar-refractivity contribution in [1.29, 1.82) is 0 Å². The first-order valence-electron chi connectivity index (χ1n) is 9.46. The average Bonchev–Trinajstić information content (AvgIpc) is 2.67. The van der Waals surface area contributed by atoms with Gasteiger partial charge in [-0.3, -0.25) is 14.6 Å². The lowest BCUT2D eigenvalue weighted by Gasteiger charge is -2.32. The smallest absolute Gasteiger partial charge is 0.490 e. The summed E-state index contributed by atoms with van der Waals surface area (Å²) in [5.41, 5.74) is 1.02. The van der Waals surface area contributed by atoms with Gasteiger partial charge in [-0.25, -0.2) is 0 Å². The second-order valence-electron chi connectivity index (χ2n) is 7.05. The number of rotatable bonds is 6. The van der Waals surface area contributed by atoms with Gasteiger partial charge in [0, 0.05) is 55.9 Å². The number of likely N-dealkylation sites (tertiary alicyclic amines) is 1. The molecule has 1 aliphatic heterocycles. The number of ketones is 1. The molecule has 30 heavy (non-hydrogen) atoms. The molecular formula is C21H21F3N2O4. The van der Waals surface area contributed by atoms with E-state index in [2.05, 4.69) is 9.72 Å². The topological polar surface area (TPSA) is 68.7 Å². The Labute approximate surface area is 171 Å². The Morgan fingerprint density at radius 3 is 2.50 bits per heavy atom. The maximum atomic E-state index is 12.7. The number of carbonyl (C=O) groups excluding carboxylic acids is 2. The third-order valence-electron chi connectivity index (χ3n) is 4.56. The fourth-order valence-corrected chi connectivity index (χ4v) is 3.26. The second-order valence-corrected chi connectivity index (χ2v) is 7.05. The van der Waals surface area contributed by atoms with Gasteiger partial charge in [0.1, 0.15) is 23.4 Å². The molecule has 0 saturated carbocycles. The Balaban J connectivity index is 1.55. The van der Waals surface area contributed by atoms with Crippen LogP contribution in [0.3, 0.4) is 0 Å². The molecule has 2 aromatic rings. The molecule has 0 radical (unpaired) electrons. The number of hydrogen-bond acceptors (Lipinski definition) is 5. The highest BCUT2D eigenvalue weighted by molar-refractivity contribution is 5.94. The third kappa shape index (κ3) is 6.20. The van der Waals surface area contributed by atoms with Crippen molar-refractivity contribution in [1.82, 2.24) is 9.88 Å². The lowest BCUT2D eigenvalue weighted by Crippen LogP contribution is -2.41. The molecule has 1 saturated heterocycles. The lowest BCUT2D eigenvalue weighted by atomic mass is 10.1. The summed E-state index contributed by atoms with van der Waals surface area (Å²) in [6, 6.07) is 8.62. The summed E-state index contributed by atoms with van der Waals surface area (Å²) in [6.45, 7) is 2.37.